The van der Waals surface area contributed by atoms with Gasteiger partial charge >= 0.3 is 0 Å². The van der Waals surface area contributed by atoms with E-state index < -0.39 is 0 Å². The van der Waals surface area contributed by atoms with E-state index in [1.165, 1.54) is 0 Å². The Kier molecular flexibility index (Phi) is 2.13. The average molecular weight is 192 g/mol. The lowest BCUT2D eigenvalue weighted by Gasteiger charge is -1.99. The van der Waals surface area contributed by atoms with Crippen molar-refractivity contribution in [2.75, 3.05) is 0 Å². The number of phenols is 1. The molecule has 4 heteroatoms. The molecule has 4 nitrogen and oxygen atoms in total. The lowest BCUT2D eigenvalue weighted by molar-refractivity contribution is 0.384. The Hall–Kier alpha value is -1.55. The number of phenolic OH excluding ortho intramolecular Hbond substituents is 1. The van der Waals surface area contributed by atoms with Gasteiger partial charge in [-0.3, -0.25) is 0 Å². The Morgan fingerprint density at radius 2 is 2.36 bits per heavy atom. The maximum atomic E-state index is 9.22. The van der Waals surface area contributed by atoms with Gasteiger partial charge in [0.05, 0.1) is 0 Å². The average Bonchev–Trinajstić information content (AvgIpc) is 2.47. The maximum absolute atomic E-state index is 9.22. The highest BCUT2D eigenvalue weighted by Gasteiger charge is 2.10. The molecule has 0 fully saturated rings. The van der Waals surface area contributed by atoms with Crippen LogP contribution in [0.3, 0.4) is 0 Å². The second-order valence-corrected chi connectivity index (χ2v) is 3.49. The first-order chi connectivity index (χ1) is 6.66. The number of rotatable bonds is 2. The molecule has 1 unspecified atom stereocenters. The Balaban J connectivity index is 2.47. The van der Waals surface area contributed by atoms with Crippen LogP contribution in [0.4, 0.5) is 0 Å². The Morgan fingerprint density at radius 3 is 3.07 bits per heavy atom. The maximum Gasteiger partial charge on any atom is 0.146 e. The number of aromatic hydroxyl groups is 1. The van der Waals surface area contributed by atoms with Crippen LogP contribution >= 0.6 is 0 Å². The Labute approximate surface area is 81.3 Å². The van der Waals surface area contributed by atoms with E-state index in [9.17, 15) is 5.11 Å². The molecular weight excluding hydrogens is 180 g/mol. The predicted octanol–water partition coefficient (Wildman–Crippen LogP) is 1.42. The molecular formula is C10H12N2O2. The summed E-state index contributed by atoms with van der Waals surface area (Å²) in [4.78, 5) is 0. The van der Waals surface area contributed by atoms with Crippen molar-refractivity contribution in [3.05, 3.63) is 24.0 Å². The summed E-state index contributed by atoms with van der Waals surface area (Å²) < 4.78 is 5.14. The van der Waals surface area contributed by atoms with Gasteiger partial charge in [0.1, 0.15) is 17.0 Å². The summed E-state index contributed by atoms with van der Waals surface area (Å²) in [5, 5.41) is 14.0. The van der Waals surface area contributed by atoms with Gasteiger partial charge in [-0.15, -0.1) is 0 Å². The van der Waals surface area contributed by atoms with E-state index in [1.54, 1.807) is 18.2 Å². The summed E-state index contributed by atoms with van der Waals surface area (Å²) in [6.07, 6.45) is 0.654. The fourth-order valence-electron chi connectivity index (χ4n) is 1.42. The summed E-state index contributed by atoms with van der Waals surface area (Å²) >= 11 is 0. The smallest absolute Gasteiger partial charge is 0.146 e. The third kappa shape index (κ3) is 1.56. The van der Waals surface area contributed by atoms with Crippen LogP contribution in [-0.4, -0.2) is 16.3 Å². The van der Waals surface area contributed by atoms with E-state index >= 15 is 0 Å². The largest absolute Gasteiger partial charge is 0.508 e. The molecule has 3 N–H and O–H groups in total. The highest BCUT2D eigenvalue weighted by molar-refractivity contribution is 5.81. The highest BCUT2D eigenvalue weighted by atomic mass is 16.5. The molecule has 0 saturated carbocycles. The van der Waals surface area contributed by atoms with E-state index in [1.807, 2.05) is 6.92 Å². The lowest BCUT2D eigenvalue weighted by Crippen LogP contribution is -2.17. The van der Waals surface area contributed by atoms with Crippen molar-refractivity contribution in [3.63, 3.8) is 0 Å². The monoisotopic (exact) mass is 192 g/mol. The first kappa shape index (κ1) is 9.02. The van der Waals surface area contributed by atoms with Gasteiger partial charge in [0.25, 0.3) is 0 Å². The van der Waals surface area contributed by atoms with Crippen LogP contribution in [-0.2, 0) is 6.42 Å². The molecule has 0 amide bonds. The van der Waals surface area contributed by atoms with Gasteiger partial charge < -0.3 is 15.4 Å². The molecule has 0 aliphatic carbocycles. The van der Waals surface area contributed by atoms with Gasteiger partial charge in [0.2, 0.25) is 0 Å². The molecule has 14 heavy (non-hydrogen) atoms. The van der Waals surface area contributed by atoms with Gasteiger partial charge in [0.15, 0.2) is 0 Å². The van der Waals surface area contributed by atoms with Crippen molar-refractivity contribution < 1.29 is 9.63 Å². The summed E-state index contributed by atoms with van der Waals surface area (Å²) in [5.41, 5.74) is 6.33. The Morgan fingerprint density at radius 1 is 1.57 bits per heavy atom. The molecule has 0 aliphatic rings. The van der Waals surface area contributed by atoms with Crippen molar-refractivity contribution in [1.29, 1.82) is 0 Å². The number of nitrogens with zero attached hydrogens (tertiary/aromatic N) is 1. The molecule has 0 bridgehead atoms. The number of hydrogen-bond acceptors (Lipinski definition) is 4. The van der Waals surface area contributed by atoms with Crippen LogP contribution in [0.5, 0.6) is 5.75 Å². The molecule has 0 radical (unpaired) electrons. The summed E-state index contributed by atoms with van der Waals surface area (Å²) in [6.45, 7) is 1.91. The fraction of sp³-hybridized carbons (Fsp3) is 0.300. The van der Waals surface area contributed by atoms with E-state index in [0.717, 1.165) is 11.1 Å². The fourth-order valence-corrected chi connectivity index (χ4v) is 1.42. The second-order valence-electron chi connectivity index (χ2n) is 3.49. The van der Waals surface area contributed by atoms with Gasteiger partial charge in [-0.1, -0.05) is 5.16 Å². The first-order valence-corrected chi connectivity index (χ1v) is 4.49. The third-order valence-electron chi connectivity index (χ3n) is 2.04. The van der Waals surface area contributed by atoms with Crippen LogP contribution in [0.1, 0.15) is 12.7 Å². The van der Waals surface area contributed by atoms with Crippen LogP contribution in [0.2, 0.25) is 0 Å². The van der Waals surface area contributed by atoms with Gasteiger partial charge in [0, 0.05) is 23.9 Å². The quantitative estimate of drug-likeness (QED) is 0.754. The van der Waals surface area contributed by atoms with E-state index in [0.29, 0.717) is 11.9 Å². The third-order valence-corrected chi connectivity index (χ3v) is 2.04. The zero-order valence-corrected chi connectivity index (χ0v) is 7.90. The molecule has 74 valence electrons. The zero-order valence-electron chi connectivity index (χ0n) is 7.90. The summed E-state index contributed by atoms with van der Waals surface area (Å²) in [6, 6.07) is 5.02. The SMILES string of the molecule is CC(N)Cc1onc2cc(O)ccc12. The summed E-state index contributed by atoms with van der Waals surface area (Å²) in [7, 11) is 0. The zero-order chi connectivity index (χ0) is 10.1. The highest BCUT2D eigenvalue weighted by Crippen LogP contribution is 2.23. The van der Waals surface area contributed by atoms with Gasteiger partial charge in [-0.25, -0.2) is 0 Å². The van der Waals surface area contributed by atoms with Crippen molar-refractivity contribution in [1.82, 2.24) is 5.16 Å². The molecule has 2 rings (SSSR count). The lowest BCUT2D eigenvalue weighted by atomic mass is 10.1. The van der Waals surface area contributed by atoms with E-state index in [2.05, 4.69) is 5.16 Å². The van der Waals surface area contributed by atoms with Crippen molar-refractivity contribution in [3.8, 4) is 5.75 Å². The molecule has 0 spiro atoms. The minimum atomic E-state index is 0.0416. The molecule has 2 aromatic rings. The van der Waals surface area contributed by atoms with Crippen molar-refractivity contribution in [2.45, 2.75) is 19.4 Å². The number of nitrogens with two attached hydrogens (primary N) is 1. The van der Waals surface area contributed by atoms with Crippen LogP contribution < -0.4 is 5.73 Å². The second kappa shape index (κ2) is 3.31. The Bertz CT molecular complexity index is 448. The standard InChI is InChI=1S/C10H12N2O2/c1-6(11)4-10-8-3-2-7(13)5-9(8)12-14-10/h2-3,5-6,13H,4,11H2,1H3. The molecule has 0 aliphatic heterocycles. The van der Waals surface area contributed by atoms with E-state index in [4.69, 9.17) is 10.3 Å². The molecule has 1 aromatic heterocycles. The number of hydrogen-bond donors (Lipinski definition) is 2. The number of fused-ring (bicyclic) bond motifs is 1. The van der Waals surface area contributed by atoms with Crippen molar-refractivity contribution >= 4 is 10.9 Å². The van der Waals surface area contributed by atoms with Crippen LogP contribution in [0.15, 0.2) is 22.7 Å². The first-order valence-electron chi connectivity index (χ1n) is 4.49. The van der Waals surface area contributed by atoms with Crippen LogP contribution in [0.25, 0.3) is 10.9 Å². The molecule has 1 heterocycles. The van der Waals surface area contributed by atoms with Gasteiger partial charge in [-0.05, 0) is 19.1 Å². The molecule has 1 atom stereocenters. The molecule has 0 saturated heterocycles. The normalized spacial score (nSPS) is 13.3. The number of aromatic nitrogens is 1. The van der Waals surface area contributed by atoms with Gasteiger partial charge in [-0.2, -0.15) is 0 Å². The molecule has 1 aromatic carbocycles. The topological polar surface area (TPSA) is 72.3 Å². The minimum Gasteiger partial charge on any atom is -0.508 e. The summed E-state index contributed by atoms with van der Waals surface area (Å²) in [5.74, 6) is 0.966. The minimum absolute atomic E-state index is 0.0416. The van der Waals surface area contributed by atoms with Crippen LogP contribution in [0, 0.1) is 0 Å². The number of benzene rings is 1. The van der Waals surface area contributed by atoms with Crippen molar-refractivity contribution in [2.24, 2.45) is 5.73 Å². The van der Waals surface area contributed by atoms with E-state index in [-0.39, 0.29) is 11.8 Å². The predicted molar refractivity (Wildman–Crippen MR) is 53.0 cm³/mol.